The molecule has 6 heteroatoms. The minimum atomic E-state index is -0.854. The van der Waals surface area contributed by atoms with Crippen LogP contribution in [0.15, 0.2) is 36.5 Å². The van der Waals surface area contributed by atoms with Gasteiger partial charge < -0.3 is 20.3 Å². The summed E-state index contributed by atoms with van der Waals surface area (Å²) in [5.74, 6) is -0.0997. The van der Waals surface area contributed by atoms with Gasteiger partial charge in [-0.25, -0.2) is 0 Å². The molecule has 0 aromatic rings. The molecule has 0 saturated carbocycles. The largest absolute Gasteiger partial charge is 0.466 e. The molecule has 2 unspecified atom stereocenters. The highest BCUT2D eigenvalue weighted by Crippen LogP contribution is 2.15. The van der Waals surface area contributed by atoms with E-state index in [-0.39, 0.29) is 18.5 Å². The Morgan fingerprint density at radius 1 is 0.450 bits per heavy atom. The molecule has 0 aromatic carbocycles. The van der Waals surface area contributed by atoms with Gasteiger partial charge in [-0.2, -0.15) is 0 Å². The maximum atomic E-state index is 12.4. The van der Waals surface area contributed by atoms with Crippen LogP contribution in [0.1, 0.15) is 271 Å². The minimum absolute atomic E-state index is 0.0137. The second-order valence-corrected chi connectivity index (χ2v) is 17.8. The molecule has 6 nitrogen and oxygen atoms in total. The summed E-state index contributed by atoms with van der Waals surface area (Å²) in [6.07, 6.45) is 60.0. The molecule has 1 amide bonds. The minimum Gasteiger partial charge on any atom is -0.466 e. The van der Waals surface area contributed by atoms with Gasteiger partial charge >= 0.3 is 5.97 Å². The maximum absolute atomic E-state index is 12.4. The predicted molar refractivity (Wildman–Crippen MR) is 259 cm³/mol. The fraction of sp³-hybridized carbons (Fsp3) is 0.852. The van der Waals surface area contributed by atoms with E-state index in [2.05, 4.69) is 43.5 Å². The number of unbranched alkanes of at least 4 members (excludes halogenated alkanes) is 33. The lowest BCUT2D eigenvalue weighted by Crippen LogP contribution is -2.45. The van der Waals surface area contributed by atoms with Gasteiger partial charge in [-0.1, -0.05) is 211 Å². The van der Waals surface area contributed by atoms with E-state index in [1.165, 1.54) is 180 Å². The first kappa shape index (κ1) is 58.1. The standard InChI is InChI=1S/C54H101NO5/c1-3-5-7-9-11-13-15-17-23-26-30-34-38-42-46-52(57)51(50-56)55-53(58)47-43-39-35-31-27-24-20-18-19-21-25-29-33-37-41-45-49-60-54(59)48-44-40-36-32-28-22-16-14-12-10-8-6-4-2/h14,16,18,20,42,46,51-52,56-57H,3-13,15,17,19,21-41,43-45,47-50H2,1-2H3,(H,55,58)/b16-14-,20-18-,46-42+. The van der Waals surface area contributed by atoms with Crippen molar-refractivity contribution in [3.8, 4) is 0 Å². The van der Waals surface area contributed by atoms with E-state index in [4.69, 9.17) is 4.74 Å². The molecular weight excluding hydrogens is 743 g/mol. The number of ether oxygens (including phenoxy) is 1. The third-order valence-electron chi connectivity index (χ3n) is 11.9. The maximum Gasteiger partial charge on any atom is 0.305 e. The van der Waals surface area contributed by atoms with Gasteiger partial charge in [0.25, 0.3) is 0 Å². The number of esters is 1. The Morgan fingerprint density at radius 3 is 1.20 bits per heavy atom. The van der Waals surface area contributed by atoms with Crippen molar-refractivity contribution in [2.45, 2.75) is 283 Å². The number of carbonyl (C=O) groups excluding carboxylic acids is 2. The van der Waals surface area contributed by atoms with Gasteiger partial charge in [0.05, 0.1) is 25.4 Å². The predicted octanol–water partition coefficient (Wildman–Crippen LogP) is 15.7. The number of amides is 1. The monoisotopic (exact) mass is 844 g/mol. The fourth-order valence-electron chi connectivity index (χ4n) is 7.80. The number of hydrogen-bond acceptors (Lipinski definition) is 5. The Hall–Kier alpha value is -1.92. The van der Waals surface area contributed by atoms with Crippen molar-refractivity contribution >= 4 is 11.9 Å². The fourth-order valence-corrected chi connectivity index (χ4v) is 7.80. The number of rotatable bonds is 48. The Labute approximate surface area is 373 Å². The van der Waals surface area contributed by atoms with Crippen LogP contribution in [0.25, 0.3) is 0 Å². The SMILES string of the molecule is CCCCCC/C=C\CCCCCCCC(=O)OCCCCCCCCC/C=C\CCCCCCCC(=O)NC(CO)C(O)/C=C/CCCCCCCCCCCCCC. The highest BCUT2D eigenvalue weighted by atomic mass is 16.5. The number of aliphatic hydroxyl groups is 2. The number of allylic oxidation sites excluding steroid dienone is 5. The first-order valence-corrected chi connectivity index (χ1v) is 26.3. The molecule has 0 spiro atoms. The highest BCUT2D eigenvalue weighted by molar-refractivity contribution is 5.76. The van der Waals surface area contributed by atoms with E-state index < -0.39 is 12.1 Å². The molecule has 0 aliphatic rings. The second kappa shape index (κ2) is 49.7. The summed E-state index contributed by atoms with van der Waals surface area (Å²) in [6.45, 7) is 4.85. The molecule has 352 valence electrons. The lowest BCUT2D eigenvalue weighted by atomic mass is 10.0. The van der Waals surface area contributed by atoms with Crippen LogP contribution in [0.5, 0.6) is 0 Å². The van der Waals surface area contributed by atoms with Crippen LogP contribution < -0.4 is 5.32 Å². The van der Waals surface area contributed by atoms with Gasteiger partial charge in [0.15, 0.2) is 0 Å². The number of hydrogen-bond donors (Lipinski definition) is 3. The van der Waals surface area contributed by atoms with Crippen molar-refractivity contribution in [1.82, 2.24) is 5.32 Å². The van der Waals surface area contributed by atoms with E-state index in [0.29, 0.717) is 19.4 Å². The summed E-state index contributed by atoms with van der Waals surface area (Å²) in [4.78, 5) is 24.4. The zero-order valence-corrected chi connectivity index (χ0v) is 39.9. The van der Waals surface area contributed by atoms with Crippen molar-refractivity contribution in [3.05, 3.63) is 36.5 Å². The van der Waals surface area contributed by atoms with Crippen molar-refractivity contribution in [2.24, 2.45) is 0 Å². The number of nitrogens with one attached hydrogen (secondary N) is 1. The molecule has 0 aromatic heterocycles. The summed E-state index contributed by atoms with van der Waals surface area (Å²) < 4.78 is 5.45. The van der Waals surface area contributed by atoms with Gasteiger partial charge in [0.1, 0.15) is 0 Å². The Morgan fingerprint density at radius 2 is 0.783 bits per heavy atom. The normalized spacial score (nSPS) is 12.9. The van der Waals surface area contributed by atoms with Gasteiger partial charge in [-0.05, 0) is 83.5 Å². The van der Waals surface area contributed by atoms with Gasteiger partial charge in [-0.3, -0.25) is 9.59 Å². The topological polar surface area (TPSA) is 95.9 Å². The van der Waals surface area contributed by atoms with Crippen LogP contribution in [0.4, 0.5) is 0 Å². The first-order valence-electron chi connectivity index (χ1n) is 26.3. The molecule has 60 heavy (non-hydrogen) atoms. The molecule has 3 N–H and O–H groups in total. The first-order chi connectivity index (χ1) is 29.5. The van der Waals surface area contributed by atoms with Crippen LogP contribution in [-0.4, -0.2) is 47.4 Å². The van der Waals surface area contributed by atoms with Crippen molar-refractivity contribution in [3.63, 3.8) is 0 Å². The summed E-state index contributed by atoms with van der Waals surface area (Å²) in [6, 6.07) is -0.640. The lowest BCUT2D eigenvalue weighted by Gasteiger charge is -2.20. The van der Waals surface area contributed by atoms with Gasteiger partial charge in [0, 0.05) is 12.8 Å². The van der Waals surface area contributed by atoms with Crippen molar-refractivity contribution < 1.29 is 24.5 Å². The molecular formula is C54H101NO5. The quantitative estimate of drug-likeness (QED) is 0.0322. The Balaban J connectivity index is 3.51. The summed E-state index contributed by atoms with van der Waals surface area (Å²) in [5.41, 5.74) is 0. The Bertz CT molecular complexity index is 977. The molecule has 0 heterocycles. The number of aliphatic hydroxyl groups excluding tert-OH is 2. The summed E-state index contributed by atoms with van der Waals surface area (Å²) >= 11 is 0. The van der Waals surface area contributed by atoms with Crippen molar-refractivity contribution in [2.75, 3.05) is 13.2 Å². The molecule has 0 aliphatic heterocycles. The van der Waals surface area contributed by atoms with Crippen molar-refractivity contribution in [1.29, 1.82) is 0 Å². The zero-order chi connectivity index (χ0) is 43.7. The number of carbonyl (C=O) groups is 2. The van der Waals surface area contributed by atoms with E-state index in [1.54, 1.807) is 6.08 Å². The van der Waals surface area contributed by atoms with E-state index in [9.17, 15) is 19.8 Å². The van der Waals surface area contributed by atoms with Crippen LogP contribution >= 0.6 is 0 Å². The third kappa shape index (κ3) is 45.6. The summed E-state index contributed by atoms with van der Waals surface area (Å²) in [5, 5.41) is 23.0. The van der Waals surface area contributed by atoms with Crippen LogP contribution in [0.2, 0.25) is 0 Å². The molecule has 0 bridgehead atoms. The van der Waals surface area contributed by atoms with Crippen LogP contribution in [0, 0.1) is 0 Å². The lowest BCUT2D eigenvalue weighted by molar-refractivity contribution is -0.143. The molecule has 0 fully saturated rings. The second-order valence-electron chi connectivity index (χ2n) is 17.8. The molecule has 0 aliphatic carbocycles. The molecule has 2 atom stereocenters. The third-order valence-corrected chi connectivity index (χ3v) is 11.9. The zero-order valence-electron chi connectivity index (χ0n) is 39.9. The molecule has 0 rings (SSSR count). The summed E-state index contributed by atoms with van der Waals surface area (Å²) in [7, 11) is 0. The van der Waals surface area contributed by atoms with E-state index in [0.717, 1.165) is 64.2 Å². The van der Waals surface area contributed by atoms with E-state index in [1.807, 2.05) is 6.08 Å². The van der Waals surface area contributed by atoms with Gasteiger partial charge in [-0.15, -0.1) is 0 Å². The van der Waals surface area contributed by atoms with Gasteiger partial charge in [0.2, 0.25) is 5.91 Å². The Kier molecular flexibility index (Phi) is 48.1. The average Bonchev–Trinajstić information content (AvgIpc) is 3.25. The average molecular weight is 844 g/mol. The highest BCUT2D eigenvalue weighted by Gasteiger charge is 2.18. The molecule has 0 radical (unpaired) electrons. The van der Waals surface area contributed by atoms with Crippen LogP contribution in [-0.2, 0) is 14.3 Å². The molecule has 0 saturated heterocycles. The smallest absolute Gasteiger partial charge is 0.305 e. The van der Waals surface area contributed by atoms with E-state index >= 15 is 0 Å². The van der Waals surface area contributed by atoms with Crippen LogP contribution in [0.3, 0.4) is 0 Å².